The summed E-state index contributed by atoms with van der Waals surface area (Å²) in [6, 6.07) is 3.75. The quantitative estimate of drug-likeness (QED) is 0.813. The number of hydrogen-bond acceptors (Lipinski definition) is 5. The first kappa shape index (κ1) is 16.5. The number of anilines is 1. The van der Waals surface area contributed by atoms with Crippen LogP contribution >= 0.6 is 11.6 Å². The molecule has 7 heteroatoms. The third kappa shape index (κ3) is 4.58. The van der Waals surface area contributed by atoms with E-state index in [1.54, 1.807) is 17.2 Å². The number of ether oxygens (including phenoxy) is 1. The number of nitrogens with zero attached hydrogens (tertiary/aromatic N) is 3. The molecular formula is C15H19ClN4O2. The summed E-state index contributed by atoms with van der Waals surface area (Å²) >= 11 is 6.18. The van der Waals surface area contributed by atoms with Crippen LogP contribution in [0.15, 0.2) is 12.3 Å². The van der Waals surface area contributed by atoms with Crippen LogP contribution in [0.4, 0.5) is 5.82 Å². The van der Waals surface area contributed by atoms with Gasteiger partial charge in [0.25, 0.3) is 5.91 Å². The van der Waals surface area contributed by atoms with Gasteiger partial charge < -0.3 is 15.0 Å². The van der Waals surface area contributed by atoms with Crippen LogP contribution in [0.5, 0.6) is 0 Å². The number of nitriles is 1. The molecule has 1 aromatic rings. The van der Waals surface area contributed by atoms with Crippen LogP contribution in [0.25, 0.3) is 0 Å². The van der Waals surface area contributed by atoms with E-state index < -0.39 is 0 Å². The fourth-order valence-electron chi connectivity index (χ4n) is 2.17. The number of halogens is 1. The maximum absolute atomic E-state index is 12.3. The van der Waals surface area contributed by atoms with Crippen LogP contribution in [0, 0.1) is 11.3 Å². The number of carbonyl (C=O) groups is 1. The summed E-state index contributed by atoms with van der Waals surface area (Å²) in [6.07, 6.45) is 3.81. The van der Waals surface area contributed by atoms with Crippen molar-refractivity contribution in [2.24, 2.45) is 0 Å². The van der Waals surface area contributed by atoms with Gasteiger partial charge in [-0.25, -0.2) is 4.98 Å². The number of hydrogen-bond donors (Lipinski definition) is 1. The first-order chi connectivity index (χ1) is 10.7. The number of nitrogens with one attached hydrogen (secondary N) is 1. The highest BCUT2D eigenvalue weighted by Crippen LogP contribution is 2.21. The molecule has 2 heterocycles. The Kier molecular flexibility index (Phi) is 6.44. The van der Waals surface area contributed by atoms with E-state index in [-0.39, 0.29) is 5.91 Å². The molecule has 1 N–H and O–H groups in total. The molecule has 0 aromatic carbocycles. The Morgan fingerprint density at radius 2 is 2.23 bits per heavy atom. The fraction of sp³-hybridized carbons (Fsp3) is 0.533. The van der Waals surface area contributed by atoms with Gasteiger partial charge in [-0.2, -0.15) is 5.26 Å². The van der Waals surface area contributed by atoms with Gasteiger partial charge >= 0.3 is 0 Å². The monoisotopic (exact) mass is 322 g/mol. The highest BCUT2D eigenvalue weighted by Gasteiger charge is 2.19. The highest BCUT2D eigenvalue weighted by atomic mass is 35.5. The molecule has 0 unspecified atom stereocenters. The van der Waals surface area contributed by atoms with E-state index in [4.69, 9.17) is 21.6 Å². The molecule has 2 rings (SSSR count). The molecule has 1 saturated heterocycles. The molecule has 1 amide bonds. The number of morpholine rings is 1. The second kappa shape index (κ2) is 8.57. The van der Waals surface area contributed by atoms with Gasteiger partial charge in [0.1, 0.15) is 5.82 Å². The molecule has 118 valence electrons. The Balaban J connectivity index is 1.91. The van der Waals surface area contributed by atoms with Crippen molar-refractivity contribution >= 4 is 23.3 Å². The Hall–Kier alpha value is -1.84. The van der Waals surface area contributed by atoms with E-state index in [2.05, 4.69) is 16.4 Å². The summed E-state index contributed by atoms with van der Waals surface area (Å²) < 4.78 is 5.24. The van der Waals surface area contributed by atoms with Crippen LogP contribution in [0.2, 0.25) is 5.02 Å². The molecule has 1 aliphatic heterocycles. The molecule has 1 fully saturated rings. The van der Waals surface area contributed by atoms with Crippen LogP contribution in [-0.4, -0.2) is 48.6 Å². The van der Waals surface area contributed by atoms with E-state index in [0.717, 1.165) is 12.8 Å². The number of aromatic nitrogens is 1. The molecule has 1 aliphatic rings. The SMILES string of the molecule is N#CCCCCNc1ncc(C(=O)N2CCOCC2)cc1Cl. The largest absolute Gasteiger partial charge is 0.378 e. The first-order valence-corrected chi connectivity index (χ1v) is 7.73. The lowest BCUT2D eigenvalue weighted by Crippen LogP contribution is -2.40. The van der Waals surface area contributed by atoms with Gasteiger partial charge in [-0.3, -0.25) is 4.79 Å². The smallest absolute Gasteiger partial charge is 0.255 e. The molecule has 1 aromatic heterocycles. The molecule has 22 heavy (non-hydrogen) atoms. The van der Waals surface area contributed by atoms with Crippen LogP contribution in [-0.2, 0) is 4.74 Å². The molecule has 6 nitrogen and oxygen atoms in total. The minimum Gasteiger partial charge on any atom is -0.378 e. The van der Waals surface area contributed by atoms with Gasteiger partial charge in [-0.05, 0) is 18.9 Å². The van der Waals surface area contributed by atoms with Crippen molar-refractivity contribution in [3.05, 3.63) is 22.8 Å². The Bertz CT molecular complexity index is 553. The lowest BCUT2D eigenvalue weighted by molar-refractivity contribution is 0.0302. The van der Waals surface area contributed by atoms with Crippen molar-refractivity contribution in [3.8, 4) is 6.07 Å². The zero-order valence-corrected chi connectivity index (χ0v) is 13.1. The van der Waals surface area contributed by atoms with Gasteiger partial charge in [-0.15, -0.1) is 0 Å². The number of pyridine rings is 1. The third-order valence-electron chi connectivity index (χ3n) is 3.39. The topological polar surface area (TPSA) is 78.2 Å². The molecule has 0 bridgehead atoms. The summed E-state index contributed by atoms with van der Waals surface area (Å²) in [5.74, 6) is 0.496. The van der Waals surface area contributed by atoms with E-state index in [0.29, 0.717) is 55.7 Å². The van der Waals surface area contributed by atoms with Crippen molar-refractivity contribution in [1.82, 2.24) is 9.88 Å². The number of rotatable bonds is 6. The average molecular weight is 323 g/mol. The summed E-state index contributed by atoms with van der Waals surface area (Å²) in [5, 5.41) is 12.0. The van der Waals surface area contributed by atoms with Gasteiger partial charge in [0.15, 0.2) is 0 Å². The van der Waals surface area contributed by atoms with Crippen LogP contribution < -0.4 is 5.32 Å². The van der Waals surface area contributed by atoms with Crippen molar-refractivity contribution in [2.45, 2.75) is 19.3 Å². The number of amides is 1. The molecular weight excluding hydrogens is 304 g/mol. The number of unbranched alkanes of at least 4 members (excludes halogenated alkanes) is 2. The third-order valence-corrected chi connectivity index (χ3v) is 3.68. The summed E-state index contributed by atoms with van der Waals surface area (Å²) in [5.41, 5.74) is 0.488. The minimum absolute atomic E-state index is 0.0710. The second-order valence-corrected chi connectivity index (χ2v) is 5.41. The molecule has 0 spiro atoms. The summed E-state index contributed by atoms with van der Waals surface area (Å²) in [7, 11) is 0. The molecule has 0 atom stereocenters. The molecule has 0 saturated carbocycles. The van der Waals surface area contributed by atoms with Crippen LogP contribution in [0.3, 0.4) is 0 Å². The lowest BCUT2D eigenvalue weighted by Gasteiger charge is -2.26. The molecule has 0 radical (unpaired) electrons. The van der Waals surface area contributed by atoms with Crippen molar-refractivity contribution < 1.29 is 9.53 Å². The maximum Gasteiger partial charge on any atom is 0.255 e. The number of carbonyl (C=O) groups excluding carboxylic acids is 1. The Labute approximate surface area is 135 Å². The second-order valence-electron chi connectivity index (χ2n) is 5.00. The normalized spacial score (nSPS) is 14.5. The Morgan fingerprint density at radius 1 is 1.45 bits per heavy atom. The van der Waals surface area contributed by atoms with Gasteiger partial charge in [0, 0.05) is 32.3 Å². The van der Waals surface area contributed by atoms with Gasteiger partial charge in [0.05, 0.1) is 29.9 Å². The van der Waals surface area contributed by atoms with Crippen molar-refractivity contribution in [2.75, 3.05) is 38.2 Å². The van der Waals surface area contributed by atoms with E-state index in [9.17, 15) is 4.79 Å². The minimum atomic E-state index is -0.0710. The summed E-state index contributed by atoms with van der Waals surface area (Å²) in [4.78, 5) is 18.3. The van der Waals surface area contributed by atoms with Gasteiger partial charge in [0.2, 0.25) is 0 Å². The predicted molar refractivity (Wildman–Crippen MR) is 83.9 cm³/mol. The lowest BCUT2D eigenvalue weighted by atomic mass is 10.2. The van der Waals surface area contributed by atoms with Crippen molar-refractivity contribution in [3.63, 3.8) is 0 Å². The first-order valence-electron chi connectivity index (χ1n) is 7.36. The van der Waals surface area contributed by atoms with E-state index in [1.165, 1.54) is 0 Å². The standard InChI is InChI=1S/C15H19ClN4O2/c16-13-10-12(15(21)20-6-8-22-9-7-20)11-19-14(13)18-5-3-1-2-4-17/h10-11H,1-3,5-9H2,(H,18,19). The molecule has 0 aliphatic carbocycles. The average Bonchev–Trinajstić information content (AvgIpc) is 2.56. The Morgan fingerprint density at radius 3 is 2.91 bits per heavy atom. The zero-order chi connectivity index (χ0) is 15.8. The fourth-order valence-corrected chi connectivity index (χ4v) is 2.40. The van der Waals surface area contributed by atoms with Crippen LogP contribution in [0.1, 0.15) is 29.6 Å². The zero-order valence-electron chi connectivity index (χ0n) is 12.3. The van der Waals surface area contributed by atoms with Crippen molar-refractivity contribution in [1.29, 1.82) is 5.26 Å². The highest BCUT2D eigenvalue weighted by molar-refractivity contribution is 6.33. The summed E-state index contributed by atoms with van der Waals surface area (Å²) in [6.45, 7) is 3.01. The van der Waals surface area contributed by atoms with E-state index in [1.807, 2.05) is 0 Å². The van der Waals surface area contributed by atoms with E-state index >= 15 is 0 Å². The van der Waals surface area contributed by atoms with Gasteiger partial charge in [-0.1, -0.05) is 11.6 Å². The maximum atomic E-state index is 12.3. The predicted octanol–water partition coefficient (Wildman–Crippen LogP) is 2.31.